The first-order chi connectivity index (χ1) is 18.5. The number of anilines is 1. The third kappa shape index (κ3) is 4.49. The number of amides is 1. The van der Waals surface area contributed by atoms with Crippen molar-refractivity contribution in [1.29, 1.82) is 0 Å². The molecule has 1 aliphatic heterocycles. The van der Waals surface area contributed by atoms with Gasteiger partial charge in [0.2, 0.25) is 5.76 Å². The summed E-state index contributed by atoms with van der Waals surface area (Å²) in [6, 6.07) is 17.5. The van der Waals surface area contributed by atoms with Gasteiger partial charge >= 0.3 is 0 Å². The fourth-order valence-electron chi connectivity index (χ4n) is 4.83. The number of hydrogen-bond donors (Lipinski definition) is 0. The highest BCUT2D eigenvalue weighted by Crippen LogP contribution is 2.43. The van der Waals surface area contributed by atoms with Gasteiger partial charge in [0.25, 0.3) is 5.91 Å². The van der Waals surface area contributed by atoms with Gasteiger partial charge in [-0.2, -0.15) is 0 Å². The van der Waals surface area contributed by atoms with Crippen LogP contribution in [-0.2, 0) is 0 Å². The Kier molecular flexibility index (Phi) is 7.09. The third-order valence-corrected chi connectivity index (χ3v) is 6.50. The summed E-state index contributed by atoms with van der Waals surface area (Å²) in [5.74, 6) is 1.55. The fourth-order valence-corrected chi connectivity index (χ4v) is 4.83. The van der Waals surface area contributed by atoms with E-state index in [4.69, 9.17) is 18.6 Å². The normalized spacial score (nSPS) is 14.6. The van der Waals surface area contributed by atoms with Crippen LogP contribution in [0.15, 0.2) is 69.9 Å². The van der Waals surface area contributed by atoms with Gasteiger partial charge in [0, 0.05) is 5.69 Å². The van der Waals surface area contributed by atoms with E-state index in [1.54, 1.807) is 17.0 Å². The third-order valence-electron chi connectivity index (χ3n) is 6.50. The molecule has 0 saturated carbocycles. The lowest BCUT2D eigenvalue weighted by molar-refractivity contribution is 0.0971. The van der Waals surface area contributed by atoms with E-state index in [0.717, 1.165) is 17.5 Å². The summed E-state index contributed by atoms with van der Waals surface area (Å²) in [4.78, 5) is 29.4. The Morgan fingerprint density at radius 3 is 2.32 bits per heavy atom. The van der Waals surface area contributed by atoms with E-state index >= 15 is 0 Å². The molecule has 0 radical (unpaired) electrons. The molecule has 0 N–H and O–H groups in total. The molecule has 0 fully saturated rings. The molecule has 1 amide bonds. The Morgan fingerprint density at radius 2 is 1.61 bits per heavy atom. The monoisotopic (exact) mass is 513 g/mol. The highest BCUT2D eigenvalue weighted by molar-refractivity contribution is 6.10. The SMILES string of the molecule is CCCOc1ccc(C2c3c(oc4ccc(C)cc4c3=O)C(=O)N2c2ccc(OCC)cc2)cc1OCC. The molecule has 7 heteroatoms. The molecule has 4 aromatic rings. The van der Waals surface area contributed by atoms with Crippen molar-refractivity contribution in [3.63, 3.8) is 0 Å². The largest absolute Gasteiger partial charge is 0.494 e. The molecule has 0 saturated heterocycles. The Morgan fingerprint density at radius 1 is 0.842 bits per heavy atom. The molecular weight excluding hydrogens is 482 g/mol. The Balaban J connectivity index is 1.72. The molecule has 0 bridgehead atoms. The summed E-state index contributed by atoms with van der Waals surface area (Å²) < 4.78 is 23.5. The number of ether oxygens (including phenoxy) is 3. The Labute approximate surface area is 221 Å². The van der Waals surface area contributed by atoms with E-state index in [-0.39, 0.29) is 17.1 Å². The van der Waals surface area contributed by atoms with Crippen LogP contribution in [0.5, 0.6) is 17.2 Å². The van der Waals surface area contributed by atoms with E-state index < -0.39 is 6.04 Å². The van der Waals surface area contributed by atoms with Gasteiger partial charge in [-0.3, -0.25) is 14.5 Å². The van der Waals surface area contributed by atoms with Gasteiger partial charge in [0.1, 0.15) is 11.3 Å². The van der Waals surface area contributed by atoms with Gasteiger partial charge in [0.15, 0.2) is 16.9 Å². The van der Waals surface area contributed by atoms with Crippen LogP contribution in [0, 0.1) is 6.92 Å². The highest BCUT2D eigenvalue weighted by atomic mass is 16.5. The molecule has 1 aliphatic rings. The van der Waals surface area contributed by atoms with Crippen molar-refractivity contribution >= 4 is 22.6 Å². The van der Waals surface area contributed by atoms with Gasteiger partial charge in [-0.25, -0.2) is 0 Å². The number of benzene rings is 3. The van der Waals surface area contributed by atoms with E-state index in [2.05, 4.69) is 0 Å². The van der Waals surface area contributed by atoms with Gasteiger partial charge in [-0.15, -0.1) is 0 Å². The van der Waals surface area contributed by atoms with Crippen LogP contribution >= 0.6 is 0 Å². The molecule has 3 aromatic carbocycles. The first-order valence-electron chi connectivity index (χ1n) is 13.0. The van der Waals surface area contributed by atoms with Gasteiger partial charge in [-0.05, 0) is 81.3 Å². The maximum absolute atomic E-state index is 13.9. The molecule has 38 heavy (non-hydrogen) atoms. The van der Waals surface area contributed by atoms with Crippen LogP contribution in [-0.4, -0.2) is 25.7 Å². The quantitative estimate of drug-likeness (QED) is 0.256. The van der Waals surface area contributed by atoms with Crippen LogP contribution in [0.25, 0.3) is 11.0 Å². The van der Waals surface area contributed by atoms with Crippen molar-refractivity contribution < 1.29 is 23.4 Å². The minimum atomic E-state index is -0.712. The lowest BCUT2D eigenvalue weighted by atomic mass is 9.97. The first-order valence-corrected chi connectivity index (χ1v) is 13.0. The number of carbonyl (C=O) groups excluding carboxylic acids is 1. The maximum atomic E-state index is 13.9. The summed E-state index contributed by atoms with van der Waals surface area (Å²) in [5, 5.41) is 0.447. The van der Waals surface area contributed by atoms with Crippen LogP contribution < -0.4 is 24.5 Å². The van der Waals surface area contributed by atoms with E-state index in [0.29, 0.717) is 59.3 Å². The van der Waals surface area contributed by atoms with Gasteiger partial charge < -0.3 is 18.6 Å². The van der Waals surface area contributed by atoms with Crippen LogP contribution in [0.2, 0.25) is 0 Å². The summed E-state index contributed by atoms with van der Waals surface area (Å²) in [5.41, 5.74) is 2.76. The van der Waals surface area contributed by atoms with Gasteiger partial charge in [0.05, 0.1) is 36.8 Å². The Hall–Kier alpha value is -4.26. The second-order valence-corrected chi connectivity index (χ2v) is 9.17. The van der Waals surface area contributed by atoms with Gasteiger partial charge in [-0.1, -0.05) is 24.6 Å². The molecule has 1 aromatic heterocycles. The molecule has 196 valence electrons. The minimum Gasteiger partial charge on any atom is -0.494 e. The zero-order valence-electron chi connectivity index (χ0n) is 22.1. The van der Waals surface area contributed by atoms with Crippen LogP contribution in [0.1, 0.15) is 60.5 Å². The zero-order chi connectivity index (χ0) is 26.8. The van der Waals surface area contributed by atoms with Crippen molar-refractivity contribution in [2.75, 3.05) is 24.7 Å². The molecule has 5 rings (SSSR count). The lowest BCUT2D eigenvalue weighted by Gasteiger charge is -2.26. The minimum absolute atomic E-state index is 0.0505. The molecule has 2 heterocycles. The number of hydrogen-bond acceptors (Lipinski definition) is 6. The van der Waals surface area contributed by atoms with Crippen molar-refractivity contribution in [3.8, 4) is 17.2 Å². The predicted octanol–water partition coefficient (Wildman–Crippen LogP) is 6.44. The number of carbonyl (C=O) groups is 1. The number of nitrogens with zero attached hydrogens (tertiary/aromatic N) is 1. The average molecular weight is 514 g/mol. The summed E-state index contributed by atoms with van der Waals surface area (Å²) in [6.07, 6.45) is 0.858. The van der Waals surface area contributed by atoms with E-state index in [1.165, 1.54) is 0 Å². The van der Waals surface area contributed by atoms with Crippen LogP contribution in [0.3, 0.4) is 0 Å². The van der Waals surface area contributed by atoms with Crippen LogP contribution in [0.4, 0.5) is 5.69 Å². The summed E-state index contributed by atoms with van der Waals surface area (Å²) in [7, 11) is 0. The second-order valence-electron chi connectivity index (χ2n) is 9.17. The molecule has 0 aliphatic carbocycles. The van der Waals surface area contributed by atoms with E-state index in [1.807, 2.05) is 76.2 Å². The smallest absolute Gasteiger partial charge is 0.295 e. The van der Waals surface area contributed by atoms with Crippen molar-refractivity contribution in [2.24, 2.45) is 0 Å². The molecule has 1 unspecified atom stereocenters. The standard InChI is InChI=1S/C31H31NO6/c1-5-16-37-25-15-9-20(18-26(25)36-7-3)28-27-29(33)23-17-19(4)8-14-24(23)38-30(27)31(34)32(28)21-10-12-22(13-11-21)35-6-2/h8-15,17-18,28H,5-7,16H2,1-4H3. The highest BCUT2D eigenvalue weighted by Gasteiger charge is 2.44. The Bertz CT molecular complexity index is 1540. The molecule has 7 nitrogen and oxygen atoms in total. The molecular formula is C31H31NO6. The lowest BCUT2D eigenvalue weighted by Crippen LogP contribution is -2.29. The summed E-state index contributed by atoms with van der Waals surface area (Å²) >= 11 is 0. The zero-order valence-corrected chi connectivity index (χ0v) is 22.1. The fraction of sp³-hybridized carbons (Fsp3) is 0.290. The second kappa shape index (κ2) is 10.6. The van der Waals surface area contributed by atoms with Crippen molar-refractivity contribution in [3.05, 3.63) is 93.3 Å². The molecule has 0 spiro atoms. The molecule has 1 atom stereocenters. The first kappa shape index (κ1) is 25.4. The van der Waals surface area contributed by atoms with Crippen molar-refractivity contribution in [1.82, 2.24) is 0 Å². The topological polar surface area (TPSA) is 78.2 Å². The summed E-state index contributed by atoms with van der Waals surface area (Å²) in [6.45, 7) is 9.31. The van der Waals surface area contributed by atoms with Crippen molar-refractivity contribution in [2.45, 2.75) is 40.2 Å². The number of rotatable bonds is 9. The van der Waals surface area contributed by atoms with E-state index in [9.17, 15) is 9.59 Å². The average Bonchev–Trinajstić information content (AvgIpc) is 3.21. The maximum Gasteiger partial charge on any atom is 0.295 e. The number of fused-ring (bicyclic) bond motifs is 2. The predicted molar refractivity (Wildman–Crippen MR) is 147 cm³/mol. The number of aryl methyl sites for hydroxylation is 1.